The molecule has 1 rings (SSSR count). The third-order valence-corrected chi connectivity index (χ3v) is 4.23. The van der Waals surface area contributed by atoms with E-state index in [1.54, 1.807) is 7.05 Å². The second kappa shape index (κ2) is 8.97. The fraction of sp³-hybridized carbons (Fsp3) is 0.800. The van der Waals surface area contributed by atoms with Gasteiger partial charge in [0.25, 0.3) is 0 Å². The molecule has 0 heterocycles. The van der Waals surface area contributed by atoms with Crippen LogP contribution < -0.4 is 0 Å². The quantitative estimate of drug-likeness (QED) is 0.702. The molecule has 20 heavy (non-hydrogen) atoms. The molecule has 5 nitrogen and oxygen atoms in total. The molecule has 1 aliphatic rings. The van der Waals surface area contributed by atoms with Gasteiger partial charge in [-0.15, -0.1) is 0 Å². The van der Waals surface area contributed by atoms with Crippen molar-refractivity contribution in [1.29, 1.82) is 0 Å². The van der Waals surface area contributed by atoms with Crippen molar-refractivity contribution in [2.45, 2.75) is 38.6 Å². The van der Waals surface area contributed by atoms with Crippen molar-refractivity contribution in [3.8, 4) is 0 Å². The Kier molecular flexibility index (Phi) is 7.62. The van der Waals surface area contributed by atoms with Crippen LogP contribution in [0.1, 0.15) is 32.6 Å². The molecule has 116 valence electrons. The van der Waals surface area contributed by atoms with Gasteiger partial charge in [0.05, 0.1) is 6.61 Å². The molecule has 2 N–H and O–H groups in total. The summed E-state index contributed by atoms with van der Waals surface area (Å²) in [6, 6.07) is 0.179. The maximum Gasteiger partial charge on any atom is 0.407 e. The molecule has 0 unspecified atom stereocenters. The number of aliphatic hydroxyl groups is 1. The van der Waals surface area contributed by atoms with Gasteiger partial charge in [-0.1, -0.05) is 19.1 Å². The number of rotatable bonds is 7. The Morgan fingerprint density at radius 3 is 2.45 bits per heavy atom. The van der Waals surface area contributed by atoms with E-state index in [2.05, 4.69) is 24.0 Å². The molecule has 0 saturated heterocycles. The summed E-state index contributed by atoms with van der Waals surface area (Å²) in [5, 5.41) is 17.9. The zero-order chi connectivity index (χ0) is 15.0. The summed E-state index contributed by atoms with van der Waals surface area (Å²) in [6.07, 6.45) is 7.64. The minimum atomic E-state index is -0.827. The lowest BCUT2D eigenvalue weighted by atomic mass is 9.85. The van der Waals surface area contributed by atoms with Gasteiger partial charge in [0.2, 0.25) is 0 Å². The summed E-state index contributed by atoms with van der Waals surface area (Å²) in [5.74, 6) is 0.571. The van der Waals surface area contributed by atoms with Gasteiger partial charge in [0, 0.05) is 26.2 Å². The van der Waals surface area contributed by atoms with E-state index in [0.717, 1.165) is 45.3 Å². The highest BCUT2D eigenvalue weighted by atomic mass is 16.4. The average Bonchev–Trinajstić information content (AvgIpc) is 2.46. The maximum atomic E-state index is 10.9. The minimum absolute atomic E-state index is 0.179. The smallest absolute Gasteiger partial charge is 0.407 e. The third-order valence-electron chi connectivity index (χ3n) is 4.23. The van der Waals surface area contributed by atoms with E-state index in [4.69, 9.17) is 10.2 Å². The number of nitrogens with zero attached hydrogens (tertiary/aromatic N) is 2. The van der Waals surface area contributed by atoms with Gasteiger partial charge in [-0.05, 0) is 38.1 Å². The van der Waals surface area contributed by atoms with E-state index >= 15 is 0 Å². The van der Waals surface area contributed by atoms with Gasteiger partial charge in [0.15, 0.2) is 0 Å². The molecule has 0 aromatic heterocycles. The first-order valence-electron chi connectivity index (χ1n) is 7.54. The number of amides is 1. The van der Waals surface area contributed by atoms with Crippen molar-refractivity contribution < 1.29 is 15.0 Å². The summed E-state index contributed by atoms with van der Waals surface area (Å²) in [4.78, 5) is 14.5. The molecule has 0 aliphatic heterocycles. The number of likely N-dealkylation sites (N-methyl/N-ethyl adjacent to an activating group) is 1. The summed E-state index contributed by atoms with van der Waals surface area (Å²) >= 11 is 0. The molecular weight excluding hydrogens is 256 g/mol. The van der Waals surface area contributed by atoms with Crippen LogP contribution in [0.3, 0.4) is 0 Å². The molecule has 0 aromatic rings. The van der Waals surface area contributed by atoms with E-state index in [9.17, 15) is 4.79 Å². The molecule has 0 atom stereocenters. The van der Waals surface area contributed by atoms with Gasteiger partial charge >= 0.3 is 6.09 Å². The Morgan fingerprint density at radius 1 is 1.30 bits per heavy atom. The number of hydrogen-bond donors (Lipinski definition) is 2. The summed E-state index contributed by atoms with van der Waals surface area (Å²) < 4.78 is 0. The molecule has 0 bridgehead atoms. The molecule has 1 aliphatic carbocycles. The molecule has 5 heteroatoms. The largest absolute Gasteiger partial charge is 0.465 e. The van der Waals surface area contributed by atoms with Crippen molar-refractivity contribution in [2.24, 2.45) is 5.92 Å². The van der Waals surface area contributed by atoms with E-state index in [1.807, 2.05) is 0 Å². The number of carbonyl (C=O) groups is 1. The molecule has 0 spiro atoms. The zero-order valence-electron chi connectivity index (χ0n) is 12.7. The van der Waals surface area contributed by atoms with Crippen LogP contribution in [0.2, 0.25) is 0 Å². The molecule has 1 amide bonds. The Labute approximate surface area is 121 Å². The van der Waals surface area contributed by atoms with Crippen LogP contribution in [-0.2, 0) is 0 Å². The Morgan fingerprint density at radius 2 is 1.95 bits per heavy atom. The number of hydrogen-bond acceptors (Lipinski definition) is 3. The van der Waals surface area contributed by atoms with Crippen LogP contribution in [0.4, 0.5) is 4.79 Å². The van der Waals surface area contributed by atoms with Crippen molar-refractivity contribution in [1.82, 2.24) is 9.80 Å². The first-order chi connectivity index (χ1) is 9.58. The second-order valence-corrected chi connectivity index (χ2v) is 5.51. The zero-order valence-corrected chi connectivity index (χ0v) is 12.7. The van der Waals surface area contributed by atoms with E-state index in [-0.39, 0.29) is 12.6 Å². The monoisotopic (exact) mass is 284 g/mol. The van der Waals surface area contributed by atoms with E-state index in [1.165, 1.54) is 4.90 Å². The first-order valence-corrected chi connectivity index (χ1v) is 7.54. The van der Waals surface area contributed by atoms with Gasteiger partial charge < -0.3 is 15.1 Å². The van der Waals surface area contributed by atoms with Crippen LogP contribution in [0.25, 0.3) is 0 Å². The molecular formula is C15H28N2O3. The Hall–Kier alpha value is -1.07. The van der Waals surface area contributed by atoms with Crippen molar-refractivity contribution in [3.05, 3.63) is 12.2 Å². The van der Waals surface area contributed by atoms with Gasteiger partial charge in [-0.3, -0.25) is 4.90 Å². The Bertz CT molecular complexity index is 312. The lowest BCUT2D eigenvalue weighted by Crippen LogP contribution is -2.38. The van der Waals surface area contributed by atoms with Gasteiger partial charge in [0.1, 0.15) is 0 Å². The van der Waals surface area contributed by atoms with Crippen LogP contribution in [0, 0.1) is 5.92 Å². The van der Waals surface area contributed by atoms with Crippen LogP contribution >= 0.6 is 0 Å². The van der Waals surface area contributed by atoms with Crippen LogP contribution in [0.5, 0.6) is 0 Å². The highest BCUT2D eigenvalue weighted by Crippen LogP contribution is 2.27. The maximum absolute atomic E-state index is 10.9. The fourth-order valence-electron chi connectivity index (χ4n) is 2.76. The SMILES string of the molecule is CCN(CC=CC1CCC(N(C)C(=O)O)CC1)CCO. The average molecular weight is 284 g/mol. The predicted octanol–water partition coefficient (Wildman–Crippen LogP) is 2.03. The number of allylic oxidation sites excluding steroid dienone is 1. The standard InChI is InChI=1S/C15H28N2O3/c1-3-17(11-12-18)10-4-5-13-6-8-14(9-7-13)16(2)15(19)20/h4-5,13-14,18H,3,6-12H2,1-2H3,(H,19,20). The van der Waals surface area contributed by atoms with Gasteiger partial charge in [-0.25, -0.2) is 4.79 Å². The third kappa shape index (κ3) is 5.51. The summed E-state index contributed by atoms with van der Waals surface area (Å²) in [7, 11) is 1.66. The van der Waals surface area contributed by atoms with E-state index in [0.29, 0.717) is 5.92 Å². The molecule has 1 saturated carbocycles. The van der Waals surface area contributed by atoms with E-state index < -0.39 is 6.09 Å². The molecule has 0 radical (unpaired) electrons. The Balaban J connectivity index is 2.29. The first kappa shape index (κ1) is 17.0. The van der Waals surface area contributed by atoms with Crippen molar-refractivity contribution >= 4 is 6.09 Å². The van der Waals surface area contributed by atoms with Crippen molar-refractivity contribution in [3.63, 3.8) is 0 Å². The number of carboxylic acid groups (broad SMARTS) is 1. The predicted molar refractivity (Wildman–Crippen MR) is 79.9 cm³/mol. The number of aliphatic hydroxyl groups excluding tert-OH is 1. The lowest BCUT2D eigenvalue weighted by Gasteiger charge is -2.32. The lowest BCUT2D eigenvalue weighted by molar-refractivity contribution is 0.122. The van der Waals surface area contributed by atoms with Crippen molar-refractivity contribution in [2.75, 3.05) is 33.3 Å². The molecule has 1 fully saturated rings. The van der Waals surface area contributed by atoms with Gasteiger partial charge in [-0.2, -0.15) is 0 Å². The van der Waals surface area contributed by atoms with Crippen LogP contribution in [-0.4, -0.2) is 65.4 Å². The summed E-state index contributed by atoms with van der Waals surface area (Å²) in [5.41, 5.74) is 0. The summed E-state index contributed by atoms with van der Waals surface area (Å²) in [6.45, 7) is 4.84. The molecule has 0 aromatic carbocycles. The topological polar surface area (TPSA) is 64.0 Å². The normalized spacial score (nSPS) is 23.4. The van der Waals surface area contributed by atoms with Crippen LogP contribution in [0.15, 0.2) is 12.2 Å². The fourth-order valence-corrected chi connectivity index (χ4v) is 2.76. The highest BCUT2D eigenvalue weighted by molar-refractivity contribution is 5.64. The second-order valence-electron chi connectivity index (χ2n) is 5.51. The minimum Gasteiger partial charge on any atom is -0.465 e. The highest BCUT2D eigenvalue weighted by Gasteiger charge is 2.24.